The summed E-state index contributed by atoms with van der Waals surface area (Å²) in [6.45, 7) is 2.05. The number of hydrogen-bond donors (Lipinski definition) is 1. The summed E-state index contributed by atoms with van der Waals surface area (Å²) in [5.74, 6) is 0.509. The highest BCUT2D eigenvalue weighted by atomic mass is 19.1. The summed E-state index contributed by atoms with van der Waals surface area (Å²) in [5, 5.41) is 4.29. The molecule has 122 valence electrons. The fourth-order valence-corrected chi connectivity index (χ4v) is 2.84. The van der Waals surface area contributed by atoms with Gasteiger partial charge >= 0.3 is 0 Å². The molecular weight excluding hydrogens is 313 g/mol. The second kappa shape index (κ2) is 6.32. The van der Waals surface area contributed by atoms with Gasteiger partial charge in [-0.05, 0) is 60.0 Å². The van der Waals surface area contributed by atoms with Crippen molar-refractivity contribution >= 4 is 22.4 Å². The number of benzene rings is 3. The van der Waals surface area contributed by atoms with Gasteiger partial charge in [0.15, 0.2) is 0 Å². The number of aryl methyl sites for hydroxylation is 1. The Bertz CT molecular complexity index is 1040. The molecule has 0 saturated carbocycles. The summed E-state index contributed by atoms with van der Waals surface area (Å²) in [5.41, 5.74) is 4.96. The Hall–Kier alpha value is -3.27. The highest BCUT2D eigenvalue weighted by Gasteiger charge is 2.07. The molecule has 4 rings (SSSR count). The van der Waals surface area contributed by atoms with Gasteiger partial charge in [-0.25, -0.2) is 14.4 Å². The Balaban J connectivity index is 1.79. The van der Waals surface area contributed by atoms with Crippen LogP contribution in [-0.4, -0.2) is 9.97 Å². The number of fused-ring (bicyclic) bond motifs is 1. The van der Waals surface area contributed by atoms with E-state index in [-0.39, 0.29) is 5.82 Å². The summed E-state index contributed by atoms with van der Waals surface area (Å²) < 4.78 is 13.2. The van der Waals surface area contributed by atoms with E-state index >= 15 is 0 Å². The monoisotopic (exact) mass is 329 g/mol. The molecule has 3 aromatic carbocycles. The molecule has 0 amide bonds. The first-order valence-corrected chi connectivity index (χ1v) is 8.03. The zero-order valence-corrected chi connectivity index (χ0v) is 13.7. The smallest absolute Gasteiger partial charge is 0.141 e. The van der Waals surface area contributed by atoms with E-state index < -0.39 is 0 Å². The van der Waals surface area contributed by atoms with Crippen LogP contribution in [0.5, 0.6) is 0 Å². The number of rotatable bonds is 3. The Morgan fingerprint density at radius 3 is 2.44 bits per heavy atom. The van der Waals surface area contributed by atoms with Crippen molar-refractivity contribution in [2.24, 2.45) is 0 Å². The largest absolute Gasteiger partial charge is 0.340 e. The quantitative estimate of drug-likeness (QED) is 0.540. The van der Waals surface area contributed by atoms with E-state index in [0.29, 0.717) is 0 Å². The molecule has 1 heterocycles. The van der Waals surface area contributed by atoms with E-state index in [4.69, 9.17) is 0 Å². The number of nitrogens with zero attached hydrogens (tertiary/aromatic N) is 2. The normalized spacial score (nSPS) is 10.8. The summed E-state index contributed by atoms with van der Waals surface area (Å²) in [4.78, 5) is 8.74. The van der Waals surface area contributed by atoms with Gasteiger partial charge in [-0.15, -0.1) is 0 Å². The van der Waals surface area contributed by atoms with Gasteiger partial charge in [-0.2, -0.15) is 0 Å². The summed E-state index contributed by atoms with van der Waals surface area (Å²) in [6.07, 6.45) is 1.55. The number of nitrogens with one attached hydrogen (secondary N) is 1. The van der Waals surface area contributed by atoms with E-state index in [9.17, 15) is 4.39 Å². The first kappa shape index (κ1) is 15.3. The van der Waals surface area contributed by atoms with Crippen molar-refractivity contribution in [2.45, 2.75) is 6.92 Å². The molecule has 0 bridgehead atoms. The highest BCUT2D eigenvalue weighted by molar-refractivity contribution is 5.93. The number of aromatic nitrogens is 2. The maximum Gasteiger partial charge on any atom is 0.141 e. The Kier molecular flexibility index (Phi) is 3.86. The van der Waals surface area contributed by atoms with Gasteiger partial charge in [0, 0.05) is 11.1 Å². The maximum absolute atomic E-state index is 13.2. The molecule has 0 spiro atoms. The third-order valence-corrected chi connectivity index (χ3v) is 4.09. The Labute approximate surface area is 145 Å². The lowest BCUT2D eigenvalue weighted by Gasteiger charge is -2.10. The van der Waals surface area contributed by atoms with E-state index in [1.54, 1.807) is 18.5 Å². The van der Waals surface area contributed by atoms with Crippen LogP contribution in [0.2, 0.25) is 0 Å². The van der Waals surface area contributed by atoms with Crippen molar-refractivity contribution < 1.29 is 4.39 Å². The van der Waals surface area contributed by atoms with E-state index in [2.05, 4.69) is 34.3 Å². The van der Waals surface area contributed by atoms with E-state index in [1.165, 1.54) is 17.7 Å². The highest BCUT2D eigenvalue weighted by Crippen LogP contribution is 2.28. The van der Waals surface area contributed by atoms with Gasteiger partial charge in [0.2, 0.25) is 0 Å². The van der Waals surface area contributed by atoms with Crippen LogP contribution in [0.15, 0.2) is 73.1 Å². The van der Waals surface area contributed by atoms with Gasteiger partial charge in [0.1, 0.15) is 18.0 Å². The third kappa shape index (κ3) is 3.19. The Morgan fingerprint density at radius 2 is 1.64 bits per heavy atom. The molecule has 0 unspecified atom stereocenters. The molecule has 1 aromatic heterocycles. The lowest BCUT2D eigenvalue weighted by atomic mass is 10.0. The lowest BCUT2D eigenvalue weighted by Crippen LogP contribution is -1.96. The molecule has 0 aliphatic carbocycles. The molecule has 0 aliphatic rings. The first-order chi connectivity index (χ1) is 12.2. The third-order valence-electron chi connectivity index (χ3n) is 4.09. The second-order valence-corrected chi connectivity index (χ2v) is 5.96. The standard InChI is InChI=1S/C21H16FN3/c1-14-3-2-4-18(11-14)25-21-19-12-16(7-10-20(19)23-13-24-21)15-5-8-17(22)9-6-15/h2-13H,1H3,(H,23,24,25). The number of anilines is 2. The van der Waals surface area contributed by atoms with Gasteiger partial charge in [-0.3, -0.25) is 0 Å². The fraction of sp³-hybridized carbons (Fsp3) is 0.0476. The number of hydrogen-bond acceptors (Lipinski definition) is 3. The van der Waals surface area contributed by atoms with Crippen LogP contribution < -0.4 is 5.32 Å². The van der Waals surface area contributed by atoms with Crippen LogP contribution in [0.3, 0.4) is 0 Å². The van der Waals surface area contributed by atoms with Crippen molar-refractivity contribution in [3.8, 4) is 11.1 Å². The van der Waals surface area contributed by atoms with E-state index in [0.717, 1.165) is 33.5 Å². The molecule has 4 aromatic rings. The van der Waals surface area contributed by atoms with Gasteiger partial charge in [-0.1, -0.05) is 30.3 Å². The zero-order valence-electron chi connectivity index (χ0n) is 13.7. The first-order valence-electron chi connectivity index (χ1n) is 8.03. The maximum atomic E-state index is 13.2. The topological polar surface area (TPSA) is 37.8 Å². The average Bonchev–Trinajstić information content (AvgIpc) is 2.62. The molecule has 1 N–H and O–H groups in total. The predicted molar refractivity (Wildman–Crippen MR) is 99.4 cm³/mol. The zero-order chi connectivity index (χ0) is 17.2. The average molecular weight is 329 g/mol. The SMILES string of the molecule is Cc1cccc(Nc2ncnc3ccc(-c4ccc(F)cc4)cc23)c1. The molecule has 25 heavy (non-hydrogen) atoms. The van der Waals surface area contributed by atoms with Crippen molar-refractivity contribution in [3.63, 3.8) is 0 Å². The molecule has 0 saturated heterocycles. The molecule has 0 aliphatic heterocycles. The van der Waals surface area contributed by atoms with Crippen LogP contribution >= 0.6 is 0 Å². The van der Waals surface area contributed by atoms with Crippen LogP contribution in [0, 0.1) is 12.7 Å². The van der Waals surface area contributed by atoms with Crippen LogP contribution in [0.1, 0.15) is 5.56 Å². The minimum atomic E-state index is -0.241. The summed E-state index contributed by atoms with van der Waals surface area (Å²) in [6, 6.07) is 20.6. The second-order valence-electron chi connectivity index (χ2n) is 5.96. The van der Waals surface area contributed by atoms with E-state index in [1.807, 2.05) is 30.3 Å². The van der Waals surface area contributed by atoms with Crippen molar-refractivity contribution in [1.29, 1.82) is 0 Å². The van der Waals surface area contributed by atoms with Crippen molar-refractivity contribution in [2.75, 3.05) is 5.32 Å². The van der Waals surface area contributed by atoms with Crippen LogP contribution in [-0.2, 0) is 0 Å². The minimum Gasteiger partial charge on any atom is -0.340 e. The Morgan fingerprint density at radius 1 is 0.840 bits per heavy atom. The van der Waals surface area contributed by atoms with Crippen LogP contribution in [0.25, 0.3) is 22.0 Å². The van der Waals surface area contributed by atoms with Crippen LogP contribution in [0.4, 0.5) is 15.9 Å². The van der Waals surface area contributed by atoms with Gasteiger partial charge < -0.3 is 5.32 Å². The fourth-order valence-electron chi connectivity index (χ4n) is 2.84. The number of halogens is 1. The molecule has 4 heteroatoms. The molecule has 0 radical (unpaired) electrons. The van der Waals surface area contributed by atoms with Crippen molar-refractivity contribution in [3.05, 3.63) is 84.4 Å². The molecule has 0 fully saturated rings. The predicted octanol–water partition coefficient (Wildman–Crippen LogP) is 5.49. The summed E-state index contributed by atoms with van der Waals surface area (Å²) >= 11 is 0. The minimum absolute atomic E-state index is 0.241. The molecular formula is C21H16FN3. The summed E-state index contributed by atoms with van der Waals surface area (Å²) in [7, 11) is 0. The van der Waals surface area contributed by atoms with Gasteiger partial charge in [0.25, 0.3) is 0 Å². The van der Waals surface area contributed by atoms with Crippen molar-refractivity contribution in [1.82, 2.24) is 9.97 Å². The lowest BCUT2D eigenvalue weighted by molar-refractivity contribution is 0.628. The molecule has 0 atom stereocenters. The molecule has 3 nitrogen and oxygen atoms in total. The van der Waals surface area contributed by atoms with Gasteiger partial charge in [0.05, 0.1) is 5.52 Å².